The molecule has 1 amide bonds. The normalized spacial score (nSPS) is 11.9. The second kappa shape index (κ2) is 7.48. The van der Waals surface area contributed by atoms with Gasteiger partial charge in [-0.05, 0) is 50.6 Å². The minimum absolute atomic E-state index is 0.0683. The number of carbonyl (C=O) groups excluding carboxylic acids is 1. The van der Waals surface area contributed by atoms with Crippen LogP contribution in [-0.2, 0) is 14.8 Å². The number of nitrogens with zero attached hydrogens (tertiary/aromatic N) is 1. The van der Waals surface area contributed by atoms with E-state index >= 15 is 0 Å². The number of hydrazone groups is 1. The summed E-state index contributed by atoms with van der Waals surface area (Å²) in [7, 11) is -3.78. The van der Waals surface area contributed by atoms with Gasteiger partial charge in [0.25, 0.3) is 10.0 Å². The van der Waals surface area contributed by atoms with Crippen molar-refractivity contribution >= 4 is 27.3 Å². The number of benzene rings is 2. The van der Waals surface area contributed by atoms with E-state index in [-0.39, 0.29) is 10.8 Å². The average Bonchev–Trinajstić information content (AvgIpc) is 2.52. The van der Waals surface area contributed by atoms with Gasteiger partial charge < -0.3 is 5.32 Å². The topological polar surface area (TPSA) is 87.6 Å². The van der Waals surface area contributed by atoms with Crippen LogP contribution in [0.4, 0.5) is 5.69 Å². The lowest BCUT2D eigenvalue weighted by Crippen LogP contribution is -2.20. The Kier molecular flexibility index (Phi) is 5.58. The fourth-order valence-corrected chi connectivity index (χ4v) is 3.24. The van der Waals surface area contributed by atoms with Crippen LogP contribution in [0.25, 0.3) is 0 Å². The van der Waals surface area contributed by atoms with E-state index in [1.54, 1.807) is 6.92 Å². The predicted molar refractivity (Wildman–Crippen MR) is 99.2 cm³/mol. The van der Waals surface area contributed by atoms with Gasteiger partial charge in [0.2, 0.25) is 5.91 Å². The molecule has 0 heterocycles. The third-order valence-electron chi connectivity index (χ3n) is 3.59. The summed E-state index contributed by atoms with van der Waals surface area (Å²) in [4.78, 5) is 13.3. The lowest BCUT2D eigenvalue weighted by atomic mass is 10.0. The molecule has 0 atom stereocenters. The standard InChI is InChI=1S/C18H21N3O3S/c1-12-5-10-18(13(2)11-12)14(3)20-21-25(23,24)17-8-6-16(7-9-17)19-15(4)22/h5-11,21H,1-4H3,(H,19,22). The molecule has 0 aliphatic heterocycles. The summed E-state index contributed by atoms with van der Waals surface area (Å²) in [6.07, 6.45) is 0. The monoisotopic (exact) mass is 359 g/mol. The summed E-state index contributed by atoms with van der Waals surface area (Å²) in [6, 6.07) is 11.8. The van der Waals surface area contributed by atoms with Crippen LogP contribution in [0.1, 0.15) is 30.5 Å². The number of sulfonamides is 1. The Morgan fingerprint density at radius 1 is 1.00 bits per heavy atom. The first kappa shape index (κ1) is 18.7. The van der Waals surface area contributed by atoms with E-state index in [0.717, 1.165) is 16.7 Å². The van der Waals surface area contributed by atoms with Crippen molar-refractivity contribution in [2.75, 3.05) is 5.32 Å². The molecule has 132 valence electrons. The van der Waals surface area contributed by atoms with Crippen LogP contribution in [0.2, 0.25) is 0 Å². The van der Waals surface area contributed by atoms with Gasteiger partial charge in [0.15, 0.2) is 0 Å². The Morgan fingerprint density at radius 2 is 1.64 bits per heavy atom. The molecule has 25 heavy (non-hydrogen) atoms. The maximum absolute atomic E-state index is 12.3. The van der Waals surface area contributed by atoms with Crippen LogP contribution in [0, 0.1) is 13.8 Å². The van der Waals surface area contributed by atoms with Crippen LogP contribution in [0.5, 0.6) is 0 Å². The summed E-state index contributed by atoms with van der Waals surface area (Å²) in [5.74, 6) is -0.220. The summed E-state index contributed by atoms with van der Waals surface area (Å²) < 4.78 is 24.7. The number of carbonyl (C=O) groups is 1. The molecule has 0 aliphatic carbocycles. The molecule has 2 rings (SSSR count). The molecule has 0 saturated carbocycles. The summed E-state index contributed by atoms with van der Waals surface area (Å²) in [5.41, 5.74) is 4.15. The van der Waals surface area contributed by atoms with Gasteiger partial charge in [-0.3, -0.25) is 4.79 Å². The van der Waals surface area contributed by atoms with E-state index in [4.69, 9.17) is 0 Å². The molecular weight excluding hydrogens is 338 g/mol. The zero-order valence-electron chi connectivity index (χ0n) is 14.6. The number of hydrogen-bond acceptors (Lipinski definition) is 4. The smallest absolute Gasteiger partial charge is 0.276 e. The molecule has 0 bridgehead atoms. The lowest BCUT2D eigenvalue weighted by Gasteiger charge is -2.09. The Hall–Kier alpha value is -2.67. The highest BCUT2D eigenvalue weighted by molar-refractivity contribution is 7.89. The molecule has 2 aromatic rings. The quantitative estimate of drug-likeness (QED) is 0.635. The molecule has 0 saturated heterocycles. The maximum atomic E-state index is 12.3. The van der Waals surface area contributed by atoms with Crippen LogP contribution in [0.15, 0.2) is 52.5 Å². The molecular formula is C18H21N3O3S. The molecule has 7 heteroatoms. The van der Waals surface area contributed by atoms with Crippen molar-refractivity contribution in [3.63, 3.8) is 0 Å². The number of rotatable bonds is 5. The van der Waals surface area contributed by atoms with Crippen LogP contribution >= 0.6 is 0 Å². The highest BCUT2D eigenvalue weighted by Gasteiger charge is 2.13. The minimum Gasteiger partial charge on any atom is -0.326 e. The molecule has 0 fully saturated rings. The van der Waals surface area contributed by atoms with E-state index in [2.05, 4.69) is 15.2 Å². The Labute approximate surface area is 148 Å². The maximum Gasteiger partial charge on any atom is 0.276 e. The average molecular weight is 359 g/mol. The van der Waals surface area contributed by atoms with Crippen molar-refractivity contribution in [1.29, 1.82) is 0 Å². The second-order valence-corrected chi connectivity index (χ2v) is 7.48. The van der Waals surface area contributed by atoms with Gasteiger partial charge in [0.1, 0.15) is 0 Å². The van der Waals surface area contributed by atoms with E-state index in [9.17, 15) is 13.2 Å². The SMILES string of the molecule is CC(=O)Nc1ccc(S(=O)(=O)NN=C(C)c2ccc(C)cc2C)cc1. The highest BCUT2D eigenvalue weighted by atomic mass is 32.2. The third-order valence-corrected chi connectivity index (χ3v) is 4.81. The van der Waals surface area contributed by atoms with E-state index in [1.807, 2.05) is 32.0 Å². The van der Waals surface area contributed by atoms with Crippen LogP contribution < -0.4 is 10.1 Å². The molecule has 6 nitrogen and oxygen atoms in total. The molecule has 2 aromatic carbocycles. The van der Waals surface area contributed by atoms with Crippen molar-refractivity contribution in [2.45, 2.75) is 32.6 Å². The van der Waals surface area contributed by atoms with Crippen molar-refractivity contribution in [3.05, 3.63) is 59.2 Å². The number of amides is 1. The predicted octanol–water partition coefficient (Wildman–Crippen LogP) is 2.96. The fourth-order valence-electron chi connectivity index (χ4n) is 2.38. The molecule has 0 radical (unpaired) electrons. The van der Waals surface area contributed by atoms with Gasteiger partial charge >= 0.3 is 0 Å². The van der Waals surface area contributed by atoms with E-state index in [0.29, 0.717) is 11.4 Å². The van der Waals surface area contributed by atoms with Gasteiger partial charge in [-0.1, -0.05) is 23.8 Å². The number of nitrogens with one attached hydrogen (secondary N) is 2. The second-order valence-electron chi connectivity index (χ2n) is 5.82. The lowest BCUT2D eigenvalue weighted by molar-refractivity contribution is -0.114. The first-order valence-corrected chi connectivity index (χ1v) is 9.19. The fraction of sp³-hybridized carbons (Fsp3) is 0.222. The van der Waals surface area contributed by atoms with Gasteiger partial charge in [-0.25, -0.2) is 0 Å². The van der Waals surface area contributed by atoms with Crippen LogP contribution in [-0.4, -0.2) is 20.0 Å². The highest BCUT2D eigenvalue weighted by Crippen LogP contribution is 2.15. The van der Waals surface area contributed by atoms with E-state index < -0.39 is 10.0 Å². The zero-order valence-corrected chi connectivity index (χ0v) is 15.4. The van der Waals surface area contributed by atoms with Crippen LogP contribution in [0.3, 0.4) is 0 Å². The van der Waals surface area contributed by atoms with Gasteiger partial charge in [0, 0.05) is 18.2 Å². The molecule has 2 N–H and O–H groups in total. The number of anilines is 1. The van der Waals surface area contributed by atoms with Crippen molar-refractivity contribution in [1.82, 2.24) is 4.83 Å². The van der Waals surface area contributed by atoms with E-state index in [1.165, 1.54) is 31.2 Å². The summed E-state index contributed by atoms with van der Waals surface area (Å²) in [6.45, 7) is 7.09. The molecule has 0 aromatic heterocycles. The first-order valence-electron chi connectivity index (χ1n) is 7.70. The minimum atomic E-state index is -3.78. The third kappa shape index (κ3) is 4.90. The van der Waals surface area contributed by atoms with Crippen molar-refractivity contribution in [3.8, 4) is 0 Å². The first-order chi connectivity index (χ1) is 11.7. The Balaban J connectivity index is 2.19. The van der Waals surface area contributed by atoms with Crippen molar-refractivity contribution < 1.29 is 13.2 Å². The number of aryl methyl sites for hydroxylation is 2. The molecule has 0 aliphatic rings. The summed E-state index contributed by atoms with van der Waals surface area (Å²) >= 11 is 0. The Bertz CT molecular complexity index is 917. The van der Waals surface area contributed by atoms with Crippen molar-refractivity contribution in [2.24, 2.45) is 5.10 Å². The Morgan fingerprint density at radius 3 is 2.20 bits per heavy atom. The zero-order chi connectivity index (χ0) is 18.6. The summed E-state index contributed by atoms with van der Waals surface area (Å²) in [5, 5.41) is 6.60. The molecule has 0 spiro atoms. The molecule has 0 unspecified atom stereocenters. The van der Waals surface area contributed by atoms with Gasteiger partial charge in [0.05, 0.1) is 10.6 Å². The van der Waals surface area contributed by atoms with Gasteiger partial charge in [-0.2, -0.15) is 18.4 Å². The van der Waals surface area contributed by atoms with Gasteiger partial charge in [-0.15, -0.1) is 0 Å². The number of hydrogen-bond donors (Lipinski definition) is 2. The largest absolute Gasteiger partial charge is 0.326 e.